The normalized spacial score (nSPS) is 9.57. The molecule has 0 amide bonds. The SMILES string of the molecule is CN(C)c1ccccc1NCC(=O)O. The van der Waals surface area contributed by atoms with E-state index in [-0.39, 0.29) is 6.54 Å². The third-order valence-electron chi connectivity index (χ3n) is 1.82. The Labute approximate surface area is 83.2 Å². The maximum Gasteiger partial charge on any atom is 0.322 e. The van der Waals surface area contributed by atoms with Gasteiger partial charge >= 0.3 is 5.97 Å². The van der Waals surface area contributed by atoms with Crippen molar-refractivity contribution in [2.75, 3.05) is 30.9 Å². The van der Waals surface area contributed by atoms with E-state index in [4.69, 9.17) is 5.11 Å². The van der Waals surface area contributed by atoms with Crippen molar-refractivity contribution >= 4 is 17.3 Å². The quantitative estimate of drug-likeness (QED) is 0.757. The van der Waals surface area contributed by atoms with Crippen LogP contribution in [0.4, 0.5) is 11.4 Å². The first kappa shape index (κ1) is 10.4. The van der Waals surface area contributed by atoms with E-state index < -0.39 is 5.97 Å². The fourth-order valence-electron chi connectivity index (χ4n) is 1.18. The highest BCUT2D eigenvalue weighted by Crippen LogP contribution is 2.22. The van der Waals surface area contributed by atoms with Gasteiger partial charge in [0.25, 0.3) is 0 Å². The third-order valence-corrected chi connectivity index (χ3v) is 1.82. The van der Waals surface area contributed by atoms with E-state index in [1.54, 1.807) is 0 Å². The van der Waals surface area contributed by atoms with Gasteiger partial charge in [0.15, 0.2) is 0 Å². The zero-order valence-corrected chi connectivity index (χ0v) is 8.32. The molecular weight excluding hydrogens is 180 g/mol. The number of benzene rings is 1. The maximum atomic E-state index is 10.4. The Morgan fingerprint density at radius 2 is 2.07 bits per heavy atom. The van der Waals surface area contributed by atoms with Gasteiger partial charge in [-0.15, -0.1) is 0 Å². The molecule has 1 aromatic rings. The summed E-state index contributed by atoms with van der Waals surface area (Å²) in [6.07, 6.45) is 0. The minimum absolute atomic E-state index is 0.0646. The van der Waals surface area contributed by atoms with Crippen LogP contribution in [0.25, 0.3) is 0 Å². The van der Waals surface area contributed by atoms with Crippen LogP contribution < -0.4 is 10.2 Å². The number of hydrogen-bond acceptors (Lipinski definition) is 3. The topological polar surface area (TPSA) is 52.6 Å². The van der Waals surface area contributed by atoms with Crippen molar-refractivity contribution in [2.24, 2.45) is 0 Å². The number of para-hydroxylation sites is 2. The Morgan fingerprint density at radius 1 is 1.43 bits per heavy atom. The van der Waals surface area contributed by atoms with Gasteiger partial charge in [-0.3, -0.25) is 4.79 Å². The van der Waals surface area contributed by atoms with Crippen molar-refractivity contribution in [3.8, 4) is 0 Å². The number of carboxylic acid groups (broad SMARTS) is 1. The van der Waals surface area contributed by atoms with Crippen LogP contribution >= 0.6 is 0 Å². The monoisotopic (exact) mass is 194 g/mol. The molecule has 0 radical (unpaired) electrons. The molecule has 2 N–H and O–H groups in total. The highest BCUT2D eigenvalue weighted by Gasteiger charge is 2.03. The standard InChI is InChI=1S/C10H14N2O2/c1-12(2)9-6-4-3-5-8(9)11-7-10(13)14/h3-6,11H,7H2,1-2H3,(H,13,14). The molecule has 1 rings (SSSR count). The molecule has 0 saturated carbocycles. The van der Waals surface area contributed by atoms with Gasteiger partial charge in [-0.25, -0.2) is 0 Å². The second-order valence-corrected chi connectivity index (χ2v) is 3.16. The summed E-state index contributed by atoms with van der Waals surface area (Å²) in [7, 11) is 3.84. The van der Waals surface area contributed by atoms with Gasteiger partial charge in [0.05, 0.1) is 11.4 Å². The van der Waals surface area contributed by atoms with Gasteiger partial charge in [-0.1, -0.05) is 12.1 Å². The Hall–Kier alpha value is -1.71. The Kier molecular flexibility index (Phi) is 3.34. The van der Waals surface area contributed by atoms with Gasteiger partial charge in [-0.2, -0.15) is 0 Å². The van der Waals surface area contributed by atoms with Crippen LogP contribution in [0, 0.1) is 0 Å². The highest BCUT2D eigenvalue weighted by atomic mass is 16.4. The molecule has 4 nitrogen and oxygen atoms in total. The van der Waals surface area contributed by atoms with Crippen LogP contribution in [0.2, 0.25) is 0 Å². The number of rotatable bonds is 4. The summed E-state index contributed by atoms with van der Waals surface area (Å²) in [5.74, 6) is -0.862. The molecule has 0 spiro atoms. The minimum atomic E-state index is -0.862. The number of anilines is 2. The lowest BCUT2D eigenvalue weighted by molar-refractivity contribution is -0.134. The smallest absolute Gasteiger partial charge is 0.322 e. The van der Waals surface area contributed by atoms with Crippen LogP contribution in [0.15, 0.2) is 24.3 Å². The molecule has 0 aliphatic rings. The molecule has 14 heavy (non-hydrogen) atoms. The lowest BCUT2D eigenvalue weighted by Gasteiger charge is -2.17. The van der Waals surface area contributed by atoms with E-state index in [1.165, 1.54) is 0 Å². The molecule has 1 aromatic carbocycles. The van der Waals surface area contributed by atoms with Gasteiger partial charge in [0, 0.05) is 14.1 Å². The van der Waals surface area contributed by atoms with E-state index in [9.17, 15) is 4.79 Å². The molecule has 0 unspecified atom stereocenters. The lowest BCUT2D eigenvalue weighted by Crippen LogP contribution is -2.16. The fourth-order valence-corrected chi connectivity index (χ4v) is 1.18. The first-order valence-corrected chi connectivity index (χ1v) is 4.33. The molecule has 4 heteroatoms. The average molecular weight is 194 g/mol. The predicted octanol–water partition coefficient (Wildman–Crippen LogP) is 1.25. The van der Waals surface area contributed by atoms with Crippen molar-refractivity contribution in [2.45, 2.75) is 0 Å². The lowest BCUT2D eigenvalue weighted by atomic mass is 10.2. The highest BCUT2D eigenvalue weighted by molar-refractivity contribution is 5.77. The largest absolute Gasteiger partial charge is 0.480 e. The van der Waals surface area contributed by atoms with E-state index in [1.807, 2.05) is 43.3 Å². The molecule has 0 saturated heterocycles. The van der Waals surface area contributed by atoms with Crippen molar-refractivity contribution in [1.82, 2.24) is 0 Å². The third kappa shape index (κ3) is 2.65. The minimum Gasteiger partial charge on any atom is -0.480 e. The Morgan fingerprint density at radius 3 is 2.64 bits per heavy atom. The second kappa shape index (κ2) is 4.50. The molecule has 0 bridgehead atoms. The van der Waals surface area contributed by atoms with Crippen LogP contribution in [-0.4, -0.2) is 31.7 Å². The summed E-state index contributed by atoms with van der Waals surface area (Å²) in [6, 6.07) is 7.58. The molecular formula is C10H14N2O2. The van der Waals surface area contributed by atoms with Crippen LogP contribution in [0.3, 0.4) is 0 Å². The Balaban J connectivity index is 2.79. The molecule has 0 heterocycles. The van der Waals surface area contributed by atoms with Crippen molar-refractivity contribution in [1.29, 1.82) is 0 Å². The van der Waals surface area contributed by atoms with Crippen LogP contribution in [-0.2, 0) is 4.79 Å². The van der Waals surface area contributed by atoms with E-state index in [0.29, 0.717) is 0 Å². The summed E-state index contributed by atoms with van der Waals surface area (Å²) in [5, 5.41) is 11.4. The Bertz CT molecular complexity index is 324. The summed E-state index contributed by atoms with van der Waals surface area (Å²) in [5.41, 5.74) is 1.81. The molecule has 76 valence electrons. The van der Waals surface area contributed by atoms with Crippen molar-refractivity contribution in [3.63, 3.8) is 0 Å². The van der Waals surface area contributed by atoms with E-state index in [2.05, 4.69) is 5.32 Å². The van der Waals surface area contributed by atoms with Crippen LogP contribution in [0.5, 0.6) is 0 Å². The molecule has 0 fully saturated rings. The zero-order chi connectivity index (χ0) is 10.6. The average Bonchev–Trinajstić information content (AvgIpc) is 2.15. The second-order valence-electron chi connectivity index (χ2n) is 3.16. The number of nitrogens with zero attached hydrogens (tertiary/aromatic N) is 1. The summed E-state index contributed by atoms with van der Waals surface area (Å²) < 4.78 is 0. The van der Waals surface area contributed by atoms with E-state index >= 15 is 0 Å². The zero-order valence-electron chi connectivity index (χ0n) is 8.32. The van der Waals surface area contributed by atoms with E-state index in [0.717, 1.165) is 11.4 Å². The maximum absolute atomic E-state index is 10.4. The van der Waals surface area contributed by atoms with Crippen molar-refractivity contribution in [3.05, 3.63) is 24.3 Å². The van der Waals surface area contributed by atoms with Gasteiger partial charge in [-0.05, 0) is 12.1 Å². The summed E-state index contributed by atoms with van der Waals surface area (Å²) >= 11 is 0. The molecule has 0 aromatic heterocycles. The van der Waals surface area contributed by atoms with Gasteiger partial charge in [0.1, 0.15) is 6.54 Å². The molecule has 0 atom stereocenters. The first-order chi connectivity index (χ1) is 6.61. The number of nitrogens with one attached hydrogen (secondary N) is 1. The number of carbonyl (C=O) groups is 1. The predicted molar refractivity (Wildman–Crippen MR) is 56.9 cm³/mol. The molecule has 0 aliphatic carbocycles. The van der Waals surface area contributed by atoms with Gasteiger partial charge in [0.2, 0.25) is 0 Å². The number of carboxylic acids is 1. The fraction of sp³-hybridized carbons (Fsp3) is 0.300. The van der Waals surface area contributed by atoms with Crippen molar-refractivity contribution < 1.29 is 9.90 Å². The number of aliphatic carboxylic acids is 1. The molecule has 0 aliphatic heterocycles. The summed E-state index contributed by atoms with van der Waals surface area (Å²) in [6.45, 7) is -0.0646. The number of hydrogen-bond donors (Lipinski definition) is 2. The summed E-state index contributed by atoms with van der Waals surface area (Å²) in [4.78, 5) is 12.3. The van der Waals surface area contributed by atoms with Crippen LogP contribution in [0.1, 0.15) is 0 Å². The first-order valence-electron chi connectivity index (χ1n) is 4.33. The van der Waals surface area contributed by atoms with Gasteiger partial charge < -0.3 is 15.3 Å².